The molecular formula is C29H26N4O7. The number of rotatable bonds is 6. The van der Waals surface area contributed by atoms with E-state index in [0.29, 0.717) is 12.2 Å². The molecule has 2 amide bonds. The molecule has 204 valence electrons. The van der Waals surface area contributed by atoms with E-state index in [0.717, 1.165) is 32.0 Å². The zero-order chi connectivity index (χ0) is 28.6. The van der Waals surface area contributed by atoms with Crippen molar-refractivity contribution in [3.63, 3.8) is 0 Å². The number of nitriles is 1. The molecule has 11 heteroatoms. The monoisotopic (exact) mass is 542 g/mol. The number of amides is 2. The molecule has 5 rings (SSSR count). The molecule has 2 unspecified atom stereocenters. The molecule has 2 aromatic rings. The second-order valence-corrected chi connectivity index (χ2v) is 9.42. The number of anilines is 1. The van der Waals surface area contributed by atoms with Crippen LogP contribution in [0.3, 0.4) is 0 Å². The Bertz CT molecular complexity index is 1520. The van der Waals surface area contributed by atoms with Crippen LogP contribution < -0.4 is 10.6 Å². The van der Waals surface area contributed by atoms with Crippen molar-refractivity contribution in [1.82, 2.24) is 4.90 Å². The van der Waals surface area contributed by atoms with E-state index >= 15 is 0 Å². The molecule has 3 heterocycles. The predicted molar refractivity (Wildman–Crippen MR) is 140 cm³/mol. The lowest BCUT2D eigenvalue weighted by Crippen LogP contribution is -2.40. The summed E-state index contributed by atoms with van der Waals surface area (Å²) in [5.41, 5.74) is 7.09. The summed E-state index contributed by atoms with van der Waals surface area (Å²) in [5, 5.41) is 10.2. The number of ether oxygens (including phenoxy) is 3. The molecule has 2 aromatic carbocycles. The van der Waals surface area contributed by atoms with Crippen molar-refractivity contribution in [3.05, 3.63) is 87.9 Å². The first-order valence-electron chi connectivity index (χ1n) is 12.6. The van der Waals surface area contributed by atoms with Crippen molar-refractivity contribution in [2.45, 2.75) is 24.9 Å². The summed E-state index contributed by atoms with van der Waals surface area (Å²) in [7, 11) is 2.31. The number of benzene rings is 2. The number of hydrogen-bond donors (Lipinski definition) is 1. The highest BCUT2D eigenvalue weighted by molar-refractivity contribution is 6.22. The van der Waals surface area contributed by atoms with Gasteiger partial charge < -0.3 is 19.9 Å². The lowest BCUT2D eigenvalue weighted by molar-refractivity contribution is -0.139. The first-order valence-corrected chi connectivity index (χ1v) is 12.6. The van der Waals surface area contributed by atoms with Gasteiger partial charge in [0.1, 0.15) is 11.5 Å². The van der Waals surface area contributed by atoms with Crippen LogP contribution in [0.1, 0.15) is 45.0 Å². The maximum Gasteiger partial charge on any atom is 0.355 e. The smallest absolute Gasteiger partial charge is 0.355 e. The number of imide groups is 1. The third-order valence-corrected chi connectivity index (χ3v) is 7.23. The fraction of sp³-hybridized carbons (Fsp3) is 0.276. The number of carbonyl (C=O) groups is 4. The molecule has 3 aliphatic rings. The van der Waals surface area contributed by atoms with Crippen molar-refractivity contribution in [2.75, 3.05) is 32.3 Å². The first-order chi connectivity index (χ1) is 19.3. The largest absolute Gasteiger partial charge is 0.466 e. The van der Waals surface area contributed by atoms with Gasteiger partial charge in [-0.2, -0.15) is 5.26 Å². The lowest BCUT2D eigenvalue weighted by Gasteiger charge is -2.36. The fourth-order valence-electron chi connectivity index (χ4n) is 5.36. The van der Waals surface area contributed by atoms with E-state index in [-0.39, 0.29) is 52.1 Å². The molecule has 2 atom stereocenters. The summed E-state index contributed by atoms with van der Waals surface area (Å²) < 4.78 is 15.7. The molecule has 11 nitrogen and oxygen atoms in total. The predicted octanol–water partition coefficient (Wildman–Crippen LogP) is 2.36. The molecule has 3 aliphatic heterocycles. The fourth-order valence-corrected chi connectivity index (χ4v) is 5.36. The maximum absolute atomic E-state index is 13.3. The van der Waals surface area contributed by atoms with Crippen molar-refractivity contribution in [1.29, 1.82) is 5.26 Å². The summed E-state index contributed by atoms with van der Waals surface area (Å²) in [5.74, 6) is -3.92. The van der Waals surface area contributed by atoms with Crippen LogP contribution in [-0.2, 0) is 23.8 Å². The van der Waals surface area contributed by atoms with Crippen LogP contribution in [0.4, 0.5) is 5.69 Å². The topological polar surface area (TPSA) is 152 Å². The van der Waals surface area contributed by atoms with E-state index < -0.39 is 29.7 Å². The third-order valence-electron chi connectivity index (χ3n) is 7.23. The van der Waals surface area contributed by atoms with E-state index in [9.17, 15) is 24.4 Å². The molecule has 0 aliphatic carbocycles. The van der Waals surface area contributed by atoms with Crippen molar-refractivity contribution >= 4 is 29.4 Å². The van der Waals surface area contributed by atoms with Gasteiger partial charge in [0.15, 0.2) is 0 Å². The molecule has 0 saturated carbocycles. The van der Waals surface area contributed by atoms with Crippen LogP contribution >= 0.6 is 0 Å². The van der Waals surface area contributed by atoms with E-state index in [2.05, 4.69) is 6.07 Å². The average molecular weight is 543 g/mol. The number of methoxy groups -OCH3 is 2. The zero-order valence-corrected chi connectivity index (χ0v) is 21.9. The Hall–Kier alpha value is -4.95. The summed E-state index contributed by atoms with van der Waals surface area (Å²) in [4.78, 5) is 55.2. The number of allylic oxidation sites excluding steroid dienone is 1. The van der Waals surface area contributed by atoms with Crippen molar-refractivity contribution in [3.8, 4) is 6.07 Å². The Labute approximate surface area is 230 Å². The highest BCUT2D eigenvalue weighted by Crippen LogP contribution is 2.43. The summed E-state index contributed by atoms with van der Waals surface area (Å²) in [6, 6.07) is 15.1. The van der Waals surface area contributed by atoms with Gasteiger partial charge in [0.05, 0.1) is 61.1 Å². The van der Waals surface area contributed by atoms with Gasteiger partial charge in [-0.3, -0.25) is 19.4 Å². The van der Waals surface area contributed by atoms with Crippen LogP contribution in [0.2, 0.25) is 0 Å². The van der Waals surface area contributed by atoms with Crippen LogP contribution in [0, 0.1) is 11.3 Å². The Balaban J connectivity index is 1.67. The van der Waals surface area contributed by atoms with Gasteiger partial charge in [0.2, 0.25) is 0 Å². The summed E-state index contributed by atoms with van der Waals surface area (Å²) in [6.45, 7) is 0.708. The molecule has 0 bridgehead atoms. The number of fused-ring (bicyclic) bond motifs is 1. The van der Waals surface area contributed by atoms with Crippen LogP contribution in [0.5, 0.6) is 0 Å². The van der Waals surface area contributed by atoms with Crippen LogP contribution in [0.25, 0.3) is 0 Å². The standard InChI is InChI=1S/C29H26N4O7/c1-38-28(36)23-22(16-7-4-3-5-8-16)21(14-30)25(31)33(24(23)29(37)39-2)17-10-11-19-20(13-17)27(35)32(26(19)34)15-18-9-6-12-40-18/h3-5,7-8,10-11,13,18,22H,6,9,12,15,31H2,1-2H3. The van der Waals surface area contributed by atoms with Crippen LogP contribution in [-0.4, -0.2) is 62.1 Å². The van der Waals surface area contributed by atoms with E-state index in [1.165, 1.54) is 23.1 Å². The highest BCUT2D eigenvalue weighted by Gasteiger charge is 2.44. The third kappa shape index (κ3) is 4.28. The minimum Gasteiger partial charge on any atom is -0.466 e. The van der Waals surface area contributed by atoms with Gasteiger partial charge in [-0.05, 0) is 36.6 Å². The Morgan fingerprint density at radius 2 is 1.75 bits per heavy atom. The second kappa shape index (κ2) is 10.7. The number of nitrogens with zero attached hydrogens (tertiary/aromatic N) is 3. The minimum atomic E-state index is -1.02. The van der Waals surface area contributed by atoms with E-state index in [1.54, 1.807) is 30.3 Å². The zero-order valence-electron chi connectivity index (χ0n) is 21.9. The molecule has 0 aromatic heterocycles. The summed E-state index contributed by atoms with van der Waals surface area (Å²) in [6.07, 6.45) is 1.37. The molecule has 2 N–H and O–H groups in total. The normalized spacial score (nSPS) is 20.5. The number of carbonyl (C=O) groups excluding carboxylic acids is 4. The lowest BCUT2D eigenvalue weighted by atomic mass is 9.81. The Morgan fingerprint density at radius 3 is 2.38 bits per heavy atom. The highest BCUT2D eigenvalue weighted by atomic mass is 16.5. The molecule has 1 saturated heterocycles. The van der Waals surface area contributed by atoms with Gasteiger partial charge in [-0.1, -0.05) is 30.3 Å². The summed E-state index contributed by atoms with van der Waals surface area (Å²) >= 11 is 0. The van der Waals surface area contributed by atoms with E-state index in [1.807, 2.05) is 0 Å². The molecular weight excluding hydrogens is 516 g/mol. The minimum absolute atomic E-state index is 0.0119. The second-order valence-electron chi connectivity index (χ2n) is 9.42. The Kier molecular flexibility index (Phi) is 7.11. The van der Waals surface area contributed by atoms with Gasteiger partial charge in [0.25, 0.3) is 11.8 Å². The molecule has 1 fully saturated rings. The number of esters is 2. The number of nitrogens with two attached hydrogens (primary N) is 1. The van der Waals surface area contributed by atoms with Gasteiger partial charge >= 0.3 is 11.9 Å². The first kappa shape index (κ1) is 26.6. The van der Waals surface area contributed by atoms with Crippen molar-refractivity contribution < 1.29 is 33.4 Å². The molecule has 40 heavy (non-hydrogen) atoms. The quantitative estimate of drug-likeness (QED) is 0.425. The van der Waals surface area contributed by atoms with E-state index in [4.69, 9.17) is 19.9 Å². The van der Waals surface area contributed by atoms with Crippen molar-refractivity contribution in [2.24, 2.45) is 5.73 Å². The van der Waals surface area contributed by atoms with Gasteiger partial charge in [-0.15, -0.1) is 0 Å². The molecule has 0 spiro atoms. The number of hydrogen-bond acceptors (Lipinski definition) is 10. The SMILES string of the molecule is COC(=O)C1=C(C(=O)OC)N(c2ccc3c(c2)C(=O)N(CC2CCCO2)C3=O)C(N)=C(C#N)C1c1ccccc1. The maximum atomic E-state index is 13.3. The average Bonchev–Trinajstić information content (AvgIpc) is 3.58. The van der Waals surface area contributed by atoms with Gasteiger partial charge in [0, 0.05) is 12.3 Å². The Morgan fingerprint density at radius 1 is 1.05 bits per heavy atom. The molecule has 0 radical (unpaired) electrons. The van der Waals surface area contributed by atoms with Crippen LogP contribution in [0.15, 0.2) is 71.2 Å². The van der Waals surface area contributed by atoms with Gasteiger partial charge in [-0.25, -0.2) is 9.59 Å².